The molecule has 0 aromatic heterocycles. The van der Waals surface area contributed by atoms with Gasteiger partial charge in [-0.15, -0.1) is 0 Å². The van der Waals surface area contributed by atoms with Crippen LogP contribution in [0.25, 0.3) is 0 Å². The molecule has 2 amide bonds. The molecule has 1 atom stereocenters. The van der Waals surface area contributed by atoms with E-state index in [1.54, 1.807) is 14.0 Å². The predicted molar refractivity (Wildman–Crippen MR) is 120 cm³/mol. The summed E-state index contributed by atoms with van der Waals surface area (Å²) in [6.07, 6.45) is 0. The molecule has 1 heterocycles. The van der Waals surface area contributed by atoms with Crippen LogP contribution in [0.15, 0.2) is 59.8 Å². The monoisotopic (exact) mass is 440 g/mol. The van der Waals surface area contributed by atoms with Gasteiger partial charge in [0.05, 0.1) is 23.9 Å². The Bertz CT molecular complexity index is 1010. The van der Waals surface area contributed by atoms with Gasteiger partial charge in [0, 0.05) is 7.05 Å². The van der Waals surface area contributed by atoms with E-state index in [4.69, 9.17) is 9.47 Å². The van der Waals surface area contributed by atoms with Crippen LogP contribution in [0.4, 0.5) is 9.18 Å². The molecule has 32 heavy (non-hydrogen) atoms. The van der Waals surface area contributed by atoms with Crippen LogP contribution in [0, 0.1) is 5.82 Å². The van der Waals surface area contributed by atoms with E-state index in [0.717, 1.165) is 11.1 Å². The van der Waals surface area contributed by atoms with Crippen molar-refractivity contribution < 1.29 is 23.5 Å². The molecule has 170 valence electrons. The summed E-state index contributed by atoms with van der Waals surface area (Å²) in [5.74, 6) is -0.480. The number of nitrogens with one attached hydrogen (secondary N) is 1. The number of ether oxygens (including phenoxy) is 2. The van der Waals surface area contributed by atoms with Gasteiger partial charge >= 0.3 is 12.0 Å². The number of benzene rings is 2. The van der Waals surface area contributed by atoms with Gasteiger partial charge in [0.25, 0.3) is 0 Å². The number of esters is 1. The van der Waals surface area contributed by atoms with E-state index in [9.17, 15) is 14.0 Å². The zero-order chi connectivity index (χ0) is 23.5. The first kappa shape index (κ1) is 23.3. The molecule has 2 aromatic carbocycles. The summed E-state index contributed by atoms with van der Waals surface area (Å²) in [6, 6.07) is 12.3. The number of carbonyl (C=O) groups is 2. The lowest BCUT2D eigenvalue weighted by Crippen LogP contribution is -2.48. The number of hydrogen-bond donors (Lipinski definition) is 1. The fourth-order valence-electron chi connectivity index (χ4n) is 3.49. The Morgan fingerprint density at radius 1 is 1.09 bits per heavy atom. The first-order valence-electron chi connectivity index (χ1n) is 10.5. The van der Waals surface area contributed by atoms with Crippen molar-refractivity contribution >= 4 is 12.0 Å². The van der Waals surface area contributed by atoms with Gasteiger partial charge in [-0.25, -0.2) is 14.0 Å². The number of likely N-dealkylation sites (N-methyl/N-ethyl adjacent to an activating group) is 1. The minimum atomic E-state index is -0.682. The molecule has 3 rings (SSSR count). The molecule has 0 saturated carbocycles. The fourth-order valence-corrected chi connectivity index (χ4v) is 3.49. The first-order valence-corrected chi connectivity index (χ1v) is 10.5. The Labute approximate surface area is 188 Å². The van der Waals surface area contributed by atoms with Crippen molar-refractivity contribution in [3.63, 3.8) is 0 Å². The minimum absolute atomic E-state index is 0.0253. The average molecular weight is 441 g/mol. The summed E-state index contributed by atoms with van der Waals surface area (Å²) < 4.78 is 24.3. The highest BCUT2D eigenvalue weighted by atomic mass is 19.1. The van der Waals surface area contributed by atoms with E-state index < -0.39 is 12.0 Å². The van der Waals surface area contributed by atoms with E-state index in [1.807, 2.05) is 24.3 Å². The summed E-state index contributed by atoms with van der Waals surface area (Å²) in [7, 11) is 1.57. The van der Waals surface area contributed by atoms with Crippen molar-refractivity contribution in [1.29, 1.82) is 0 Å². The highest BCUT2D eigenvalue weighted by Gasteiger charge is 2.37. The topological polar surface area (TPSA) is 67.9 Å². The molecule has 6 nitrogen and oxygen atoms in total. The largest absolute Gasteiger partial charge is 0.487 e. The van der Waals surface area contributed by atoms with Gasteiger partial charge in [-0.3, -0.25) is 4.90 Å². The molecule has 1 aliphatic heterocycles. The molecule has 7 heteroatoms. The fraction of sp³-hybridized carbons (Fsp3) is 0.360. The van der Waals surface area contributed by atoms with Crippen molar-refractivity contribution in [3.8, 4) is 5.75 Å². The average Bonchev–Trinajstić information content (AvgIpc) is 2.75. The molecule has 2 aromatic rings. The van der Waals surface area contributed by atoms with Crippen LogP contribution in [-0.4, -0.2) is 37.2 Å². The van der Waals surface area contributed by atoms with Crippen molar-refractivity contribution in [2.75, 3.05) is 20.3 Å². The summed E-state index contributed by atoms with van der Waals surface area (Å²) in [5.41, 5.74) is 2.58. The molecule has 1 aliphatic rings. The number of halogens is 1. The number of hydrogen-bond acceptors (Lipinski definition) is 4. The van der Waals surface area contributed by atoms with Gasteiger partial charge in [-0.2, -0.15) is 0 Å². The van der Waals surface area contributed by atoms with Crippen LogP contribution in [0.5, 0.6) is 5.75 Å². The molecular formula is C25H29FN2O4. The molecule has 0 aliphatic carbocycles. The molecular weight excluding hydrogens is 411 g/mol. The van der Waals surface area contributed by atoms with Crippen LogP contribution in [0.3, 0.4) is 0 Å². The maximum atomic E-state index is 13.2. The Balaban J connectivity index is 2.01. The van der Waals surface area contributed by atoms with Crippen LogP contribution < -0.4 is 10.1 Å². The third-order valence-electron chi connectivity index (χ3n) is 5.37. The van der Waals surface area contributed by atoms with Crippen molar-refractivity contribution in [3.05, 3.63) is 76.7 Å². The number of rotatable bonds is 6. The predicted octanol–water partition coefficient (Wildman–Crippen LogP) is 4.72. The van der Waals surface area contributed by atoms with Gasteiger partial charge in [-0.05, 0) is 47.7 Å². The Hall–Kier alpha value is -3.35. The molecule has 0 radical (unpaired) electrons. The number of amides is 2. The zero-order valence-electron chi connectivity index (χ0n) is 19.1. The molecule has 0 unspecified atom stereocenters. The maximum absolute atomic E-state index is 13.2. The summed E-state index contributed by atoms with van der Waals surface area (Å²) >= 11 is 0. The standard InChI is InChI=1S/C25H29FN2O4/c1-6-31-23(29)21-20(15-32-19-13-11-18(26)12-14-19)28(5)24(30)27-22(21)16-7-9-17(10-8-16)25(2,3)4/h7-14,22H,6,15H2,1-5H3,(H,27,30)/t22-/m1/s1. The lowest BCUT2D eigenvalue weighted by Gasteiger charge is -2.34. The minimum Gasteiger partial charge on any atom is -0.487 e. The van der Waals surface area contributed by atoms with Crippen molar-refractivity contribution in [1.82, 2.24) is 10.2 Å². The zero-order valence-corrected chi connectivity index (χ0v) is 19.1. The molecule has 0 saturated heterocycles. The highest BCUT2D eigenvalue weighted by Crippen LogP contribution is 2.33. The van der Waals surface area contributed by atoms with Crippen molar-refractivity contribution in [2.24, 2.45) is 0 Å². The molecule has 1 N–H and O–H groups in total. The second-order valence-electron chi connectivity index (χ2n) is 8.64. The molecule has 0 bridgehead atoms. The third kappa shape index (κ3) is 5.10. The van der Waals surface area contributed by atoms with Crippen LogP contribution in [0.1, 0.15) is 44.9 Å². The summed E-state index contributed by atoms with van der Waals surface area (Å²) in [6.45, 7) is 8.23. The normalized spacial score (nSPS) is 16.6. The van der Waals surface area contributed by atoms with Gasteiger partial charge in [0.1, 0.15) is 18.2 Å². The number of nitrogens with zero attached hydrogens (tertiary/aromatic N) is 1. The van der Waals surface area contributed by atoms with Crippen LogP contribution in [0.2, 0.25) is 0 Å². The second kappa shape index (κ2) is 9.42. The second-order valence-corrected chi connectivity index (χ2v) is 8.64. The van der Waals surface area contributed by atoms with E-state index >= 15 is 0 Å². The van der Waals surface area contributed by atoms with Gasteiger partial charge in [-0.1, -0.05) is 45.0 Å². The molecule has 0 spiro atoms. The number of urea groups is 1. The van der Waals surface area contributed by atoms with E-state index in [2.05, 4.69) is 26.1 Å². The van der Waals surface area contributed by atoms with Crippen molar-refractivity contribution in [2.45, 2.75) is 39.2 Å². The summed E-state index contributed by atoms with van der Waals surface area (Å²) in [4.78, 5) is 27.0. The van der Waals surface area contributed by atoms with Crippen LogP contribution in [-0.2, 0) is 14.9 Å². The van der Waals surface area contributed by atoms with E-state index in [0.29, 0.717) is 17.0 Å². The van der Waals surface area contributed by atoms with Gasteiger partial charge < -0.3 is 14.8 Å². The SMILES string of the molecule is CCOC(=O)C1=C(COc2ccc(F)cc2)N(C)C(=O)N[C@@H]1c1ccc(C(C)(C)C)cc1. The quantitative estimate of drug-likeness (QED) is 0.661. The van der Waals surface area contributed by atoms with E-state index in [-0.39, 0.29) is 30.5 Å². The van der Waals surface area contributed by atoms with E-state index in [1.165, 1.54) is 29.2 Å². The Morgan fingerprint density at radius 3 is 2.28 bits per heavy atom. The van der Waals surface area contributed by atoms with Crippen LogP contribution >= 0.6 is 0 Å². The molecule has 0 fully saturated rings. The van der Waals surface area contributed by atoms with Gasteiger partial charge in [0.15, 0.2) is 0 Å². The summed E-state index contributed by atoms with van der Waals surface area (Å²) in [5, 5.41) is 2.89. The smallest absolute Gasteiger partial charge is 0.338 e. The maximum Gasteiger partial charge on any atom is 0.338 e. The number of carbonyl (C=O) groups excluding carboxylic acids is 2. The lowest BCUT2D eigenvalue weighted by atomic mass is 9.85. The Morgan fingerprint density at radius 2 is 1.72 bits per heavy atom. The lowest BCUT2D eigenvalue weighted by molar-refractivity contribution is -0.139. The first-order chi connectivity index (χ1) is 15.1. The Kier molecular flexibility index (Phi) is 6.87. The highest BCUT2D eigenvalue weighted by molar-refractivity contribution is 5.95. The third-order valence-corrected chi connectivity index (χ3v) is 5.37. The van der Waals surface area contributed by atoms with Gasteiger partial charge in [0.2, 0.25) is 0 Å².